The Balaban J connectivity index is 1.97. The van der Waals surface area contributed by atoms with Crippen LogP contribution in [-0.4, -0.2) is 9.78 Å². The van der Waals surface area contributed by atoms with Gasteiger partial charge in [-0.1, -0.05) is 24.3 Å². The minimum Gasteiger partial charge on any atom is -0.382 e. The molecule has 0 aliphatic rings. The van der Waals surface area contributed by atoms with Crippen LogP contribution in [0.4, 0.5) is 21.6 Å². The van der Waals surface area contributed by atoms with Crippen LogP contribution in [0.25, 0.3) is 5.69 Å². The van der Waals surface area contributed by atoms with E-state index in [1.807, 2.05) is 30.3 Å². The fourth-order valence-electron chi connectivity index (χ4n) is 2.07. The Kier molecular flexibility index (Phi) is 3.65. The average molecular weight is 295 g/mol. The summed E-state index contributed by atoms with van der Waals surface area (Å²) in [6.07, 6.45) is 0. The van der Waals surface area contributed by atoms with Gasteiger partial charge in [0.15, 0.2) is 11.5 Å². The van der Waals surface area contributed by atoms with Crippen LogP contribution in [-0.2, 0) is 0 Å². The van der Waals surface area contributed by atoms with Crippen molar-refractivity contribution in [2.24, 2.45) is 10.2 Å². The van der Waals surface area contributed by atoms with E-state index in [2.05, 4.69) is 15.3 Å². The largest absolute Gasteiger partial charge is 0.382 e. The molecule has 0 atom stereocenters. The first-order valence-electron chi connectivity index (χ1n) is 6.73. The summed E-state index contributed by atoms with van der Waals surface area (Å²) in [5.74, 6) is 0.0324. The quantitative estimate of drug-likeness (QED) is 0.731. The van der Waals surface area contributed by atoms with E-state index in [9.17, 15) is 4.39 Å². The Hall–Kier alpha value is -3.02. The third-order valence-electron chi connectivity index (χ3n) is 3.14. The number of aromatic nitrogens is 2. The third kappa shape index (κ3) is 2.71. The van der Waals surface area contributed by atoms with Crippen molar-refractivity contribution in [3.63, 3.8) is 0 Å². The number of hydrogen-bond donors (Lipinski definition) is 1. The number of hydrogen-bond acceptors (Lipinski definition) is 4. The molecule has 0 aliphatic carbocycles. The molecule has 0 bridgehead atoms. The number of nitrogens with two attached hydrogens (primary N) is 1. The van der Waals surface area contributed by atoms with Gasteiger partial charge in [-0.05, 0) is 31.2 Å². The molecule has 0 amide bonds. The van der Waals surface area contributed by atoms with Gasteiger partial charge < -0.3 is 5.73 Å². The average Bonchev–Trinajstić information content (AvgIpc) is 2.81. The molecule has 3 rings (SSSR count). The van der Waals surface area contributed by atoms with Crippen molar-refractivity contribution in [2.45, 2.75) is 6.92 Å². The maximum absolute atomic E-state index is 13.1. The Morgan fingerprint density at radius 1 is 1.05 bits per heavy atom. The Morgan fingerprint density at radius 2 is 1.82 bits per heavy atom. The minimum atomic E-state index is -0.360. The molecule has 2 aromatic carbocycles. The fourth-order valence-corrected chi connectivity index (χ4v) is 2.07. The highest BCUT2D eigenvalue weighted by Gasteiger charge is 2.13. The minimum absolute atomic E-state index is 0.360. The summed E-state index contributed by atoms with van der Waals surface area (Å²) in [4.78, 5) is 0. The van der Waals surface area contributed by atoms with E-state index >= 15 is 0 Å². The van der Waals surface area contributed by atoms with Gasteiger partial charge >= 0.3 is 0 Å². The van der Waals surface area contributed by atoms with Crippen molar-refractivity contribution in [1.29, 1.82) is 0 Å². The molecule has 6 heteroatoms. The van der Waals surface area contributed by atoms with E-state index in [4.69, 9.17) is 5.73 Å². The summed E-state index contributed by atoms with van der Waals surface area (Å²) in [5.41, 5.74) is 8.50. The first kappa shape index (κ1) is 13.9. The van der Waals surface area contributed by atoms with Gasteiger partial charge in [0.25, 0.3) is 0 Å². The summed E-state index contributed by atoms with van der Waals surface area (Å²) in [6.45, 7) is 1.80. The molecule has 1 aromatic heterocycles. The lowest BCUT2D eigenvalue weighted by Crippen LogP contribution is -2.01. The van der Waals surface area contributed by atoms with Gasteiger partial charge in [-0.2, -0.15) is 10.2 Å². The van der Waals surface area contributed by atoms with Crippen molar-refractivity contribution in [1.82, 2.24) is 9.78 Å². The van der Waals surface area contributed by atoms with Crippen LogP contribution in [0.5, 0.6) is 0 Å². The lowest BCUT2D eigenvalue weighted by Gasteiger charge is -2.02. The van der Waals surface area contributed by atoms with Crippen LogP contribution in [0.15, 0.2) is 64.8 Å². The van der Waals surface area contributed by atoms with Crippen LogP contribution < -0.4 is 5.73 Å². The second-order valence-corrected chi connectivity index (χ2v) is 4.75. The fraction of sp³-hybridized carbons (Fsp3) is 0.0625. The Labute approximate surface area is 126 Å². The lowest BCUT2D eigenvalue weighted by atomic mass is 10.3. The van der Waals surface area contributed by atoms with Crippen molar-refractivity contribution in [3.05, 3.63) is 66.1 Å². The molecule has 0 spiro atoms. The number of para-hydroxylation sites is 1. The summed E-state index contributed by atoms with van der Waals surface area (Å²) in [5, 5.41) is 12.5. The zero-order chi connectivity index (χ0) is 15.5. The maximum atomic E-state index is 13.1. The van der Waals surface area contributed by atoms with Gasteiger partial charge in [0.05, 0.1) is 17.1 Å². The zero-order valence-corrected chi connectivity index (χ0v) is 11.9. The lowest BCUT2D eigenvalue weighted by molar-refractivity contribution is 0.628. The maximum Gasteiger partial charge on any atom is 0.155 e. The summed E-state index contributed by atoms with van der Waals surface area (Å²) < 4.78 is 14.7. The molecule has 0 saturated carbocycles. The van der Waals surface area contributed by atoms with E-state index in [1.165, 1.54) is 12.1 Å². The van der Waals surface area contributed by atoms with Crippen molar-refractivity contribution in [2.75, 3.05) is 5.73 Å². The number of nitrogen functional groups attached to an aromatic ring is 1. The van der Waals surface area contributed by atoms with Crippen LogP contribution >= 0.6 is 0 Å². The van der Waals surface area contributed by atoms with Crippen LogP contribution in [0.3, 0.4) is 0 Å². The number of halogens is 1. The topological polar surface area (TPSA) is 68.6 Å². The molecule has 2 N–H and O–H groups in total. The predicted molar refractivity (Wildman–Crippen MR) is 83.3 cm³/mol. The molecule has 0 saturated heterocycles. The molecule has 0 aliphatic heterocycles. The highest BCUT2D eigenvalue weighted by molar-refractivity contribution is 5.64. The molecular weight excluding hydrogens is 281 g/mol. The van der Waals surface area contributed by atoms with E-state index in [0.29, 0.717) is 22.9 Å². The van der Waals surface area contributed by atoms with Gasteiger partial charge in [-0.25, -0.2) is 9.07 Å². The van der Waals surface area contributed by atoms with E-state index < -0.39 is 0 Å². The predicted octanol–water partition coefficient (Wildman–Crippen LogP) is 4.32. The third-order valence-corrected chi connectivity index (χ3v) is 3.14. The molecule has 0 radical (unpaired) electrons. The van der Waals surface area contributed by atoms with Gasteiger partial charge in [0, 0.05) is 6.07 Å². The monoisotopic (exact) mass is 295 g/mol. The van der Waals surface area contributed by atoms with Gasteiger partial charge in [0.1, 0.15) is 5.82 Å². The summed E-state index contributed by atoms with van der Waals surface area (Å²) in [7, 11) is 0. The van der Waals surface area contributed by atoms with Crippen LogP contribution in [0.1, 0.15) is 5.69 Å². The van der Waals surface area contributed by atoms with Crippen LogP contribution in [0, 0.1) is 12.7 Å². The van der Waals surface area contributed by atoms with Gasteiger partial charge in [-0.3, -0.25) is 0 Å². The summed E-state index contributed by atoms with van der Waals surface area (Å²) >= 11 is 0. The number of benzene rings is 2. The van der Waals surface area contributed by atoms with Crippen LogP contribution in [0.2, 0.25) is 0 Å². The standard InChI is InChI=1S/C16H14FN5/c1-11-15(20-19-13-7-5-6-12(17)10-13)16(18)22(21-11)14-8-3-2-4-9-14/h2-10H,18H2,1H3. The molecule has 5 nitrogen and oxygen atoms in total. The molecule has 22 heavy (non-hydrogen) atoms. The number of anilines is 1. The first-order valence-corrected chi connectivity index (χ1v) is 6.73. The molecule has 110 valence electrons. The van der Waals surface area contributed by atoms with Gasteiger partial charge in [0.2, 0.25) is 0 Å². The normalized spacial score (nSPS) is 11.2. The first-order chi connectivity index (χ1) is 10.6. The number of aryl methyl sites for hydroxylation is 1. The second kappa shape index (κ2) is 5.77. The molecular formula is C16H14FN5. The number of azo groups is 1. The Morgan fingerprint density at radius 3 is 2.55 bits per heavy atom. The Bertz CT molecular complexity index is 824. The van der Waals surface area contributed by atoms with E-state index in [0.717, 1.165) is 5.69 Å². The SMILES string of the molecule is Cc1nn(-c2ccccc2)c(N)c1N=Nc1cccc(F)c1. The van der Waals surface area contributed by atoms with E-state index in [-0.39, 0.29) is 5.82 Å². The second-order valence-electron chi connectivity index (χ2n) is 4.75. The van der Waals surface area contributed by atoms with Gasteiger partial charge in [-0.15, -0.1) is 5.11 Å². The number of nitrogens with zero attached hydrogens (tertiary/aromatic N) is 4. The molecule has 0 fully saturated rings. The molecule has 3 aromatic rings. The van der Waals surface area contributed by atoms with Crippen molar-refractivity contribution >= 4 is 17.2 Å². The van der Waals surface area contributed by atoms with Crippen molar-refractivity contribution < 1.29 is 4.39 Å². The van der Waals surface area contributed by atoms with Crippen molar-refractivity contribution in [3.8, 4) is 5.69 Å². The highest BCUT2D eigenvalue weighted by Crippen LogP contribution is 2.30. The number of rotatable bonds is 3. The molecule has 1 heterocycles. The zero-order valence-electron chi connectivity index (χ0n) is 11.9. The van der Waals surface area contributed by atoms with E-state index in [1.54, 1.807) is 23.7 Å². The highest BCUT2D eigenvalue weighted by atomic mass is 19.1. The smallest absolute Gasteiger partial charge is 0.155 e. The molecule has 0 unspecified atom stereocenters. The summed E-state index contributed by atoms with van der Waals surface area (Å²) in [6, 6.07) is 15.4.